The van der Waals surface area contributed by atoms with Crippen molar-refractivity contribution < 1.29 is 22.7 Å². The zero-order valence-electron chi connectivity index (χ0n) is 9.27. The van der Waals surface area contributed by atoms with Crippen molar-refractivity contribution in [2.24, 2.45) is 0 Å². The number of rotatable bonds is 2. The molecule has 0 amide bonds. The van der Waals surface area contributed by atoms with E-state index in [1.54, 1.807) is 6.92 Å². The van der Waals surface area contributed by atoms with Crippen molar-refractivity contribution in [3.63, 3.8) is 0 Å². The average Bonchev–Trinajstić information content (AvgIpc) is 2.56. The summed E-state index contributed by atoms with van der Waals surface area (Å²) < 4.78 is 42.2. The summed E-state index contributed by atoms with van der Waals surface area (Å²) in [4.78, 5) is 18.5. The molecule has 0 spiro atoms. The smallest absolute Gasteiger partial charge is 0.433 e. The van der Waals surface area contributed by atoms with Gasteiger partial charge in [0, 0.05) is 12.6 Å². The second-order valence-electron chi connectivity index (χ2n) is 3.81. The van der Waals surface area contributed by atoms with E-state index in [1.165, 1.54) is 0 Å². The van der Waals surface area contributed by atoms with Crippen LogP contribution in [0, 0.1) is 0 Å². The highest BCUT2D eigenvalue weighted by atomic mass is 32.2. The van der Waals surface area contributed by atoms with Gasteiger partial charge in [-0.05, 0) is 13.0 Å². The summed E-state index contributed by atoms with van der Waals surface area (Å²) in [6.07, 6.45) is -3.26. The van der Waals surface area contributed by atoms with Gasteiger partial charge in [-0.25, -0.2) is 9.97 Å². The Labute approximate surface area is 105 Å². The molecule has 0 N–H and O–H groups in total. The summed E-state index contributed by atoms with van der Waals surface area (Å²) in [7, 11) is 0. The predicted molar refractivity (Wildman–Crippen MR) is 56.9 cm³/mol. The molecule has 0 radical (unpaired) electrons. The molecule has 2 rings (SSSR count). The highest BCUT2D eigenvalue weighted by Crippen LogP contribution is 2.32. The van der Waals surface area contributed by atoms with Crippen molar-refractivity contribution in [1.82, 2.24) is 9.97 Å². The second kappa shape index (κ2) is 4.75. The normalized spacial score (nSPS) is 24.1. The summed E-state index contributed by atoms with van der Waals surface area (Å²) in [5.41, 5.74) is -1.01. The van der Waals surface area contributed by atoms with Gasteiger partial charge in [0.1, 0.15) is 17.0 Å². The van der Waals surface area contributed by atoms with Crippen LogP contribution < -0.4 is 0 Å². The fourth-order valence-corrected chi connectivity index (χ4v) is 2.55. The number of carbonyl (C=O) groups excluding carboxylic acids is 1. The molecule has 1 saturated heterocycles. The number of alkyl halides is 3. The van der Waals surface area contributed by atoms with E-state index in [1.807, 2.05) is 0 Å². The minimum atomic E-state index is -4.51. The zero-order valence-corrected chi connectivity index (χ0v) is 10.1. The third kappa shape index (κ3) is 2.92. The van der Waals surface area contributed by atoms with Crippen LogP contribution in [0.1, 0.15) is 19.0 Å². The van der Waals surface area contributed by atoms with Crippen LogP contribution in [-0.4, -0.2) is 27.3 Å². The van der Waals surface area contributed by atoms with Crippen LogP contribution >= 0.6 is 11.8 Å². The molecule has 2 heterocycles. The van der Waals surface area contributed by atoms with Crippen molar-refractivity contribution in [2.75, 3.05) is 0 Å². The Hall–Kier alpha value is -1.31. The largest absolute Gasteiger partial charge is 0.462 e. The summed E-state index contributed by atoms with van der Waals surface area (Å²) >= 11 is 0.897. The Morgan fingerprint density at radius 1 is 1.50 bits per heavy atom. The van der Waals surface area contributed by atoms with Crippen LogP contribution in [0.25, 0.3) is 0 Å². The molecule has 4 nitrogen and oxygen atoms in total. The van der Waals surface area contributed by atoms with Gasteiger partial charge >= 0.3 is 12.1 Å². The first-order chi connectivity index (χ1) is 8.36. The first-order valence-electron chi connectivity index (χ1n) is 5.13. The van der Waals surface area contributed by atoms with Gasteiger partial charge < -0.3 is 4.74 Å². The van der Waals surface area contributed by atoms with Gasteiger partial charge in [-0.15, -0.1) is 0 Å². The number of ether oxygens (including phenoxy) is 1. The summed E-state index contributed by atoms with van der Waals surface area (Å²) in [6.45, 7) is 1.73. The summed E-state index contributed by atoms with van der Waals surface area (Å²) in [5.74, 6) is -0.437. The molecule has 1 aliphatic rings. The topological polar surface area (TPSA) is 52.1 Å². The monoisotopic (exact) mass is 278 g/mol. The number of hydrogen-bond donors (Lipinski definition) is 0. The Kier molecular flexibility index (Phi) is 3.47. The number of cyclic esters (lactones) is 1. The number of thioether (sulfide) groups is 1. The summed E-state index contributed by atoms with van der Waals surface area (Å²) in [5, 5.41) is -0.607. The van der Waals surface area contributed by atoms with E-state index in [9.17, 15) is 18.0 Å². The molecule has 0 saturated carbocycles. The van der Waals surface area contributed by atoms with E-state index in [0.717, 1.165) is 24.0 Å². The van der Waals surface area contributed by atoms with E-state index in [4.69, 9.17) is 4.74 Å². The Morgan fingerprint density at radius 2 is 2.22 bits per heavy atom. The van der Waals surface area contributed by atoms with Crippen LogP contribution in [-0.2, 0) is 15.7 Å². The number of nitrogens with zero attached hydrogens (tertiary/aromatic N) is 2. The first kappa shape index (κ1) is 13.1. The molecule has 1 aliphatic heterocycles. The Balaban J connectivity index is 2.13. The molecule has 18 heavy (non-hydrogen) atoms. The maximum Gasteiger partial charge on any atom is 0.433 e. The van der Waals surface area contributed by atoms with Crippen molar-refractivity contribution in [1.29, 1.82) is 0 Å². The number of hydrogen-bond acceptors (Lipinski definition) is 5. The van der Waals surface area contributed by atoms with Gasteiger partial charge in [0.05, 0.1) is 0 Å². The Bertz CT molecular complexity index is 467. The molecule has 0 aliphatic carbocycles. The van der Waals surface area contributed by atoms with Crippen LogP contribution in [0.2, 0.25) is 0 Å². The van der Waals surface area contributed by atoms with Crippen LogP contribution in [0.5, 0.6) is 0 Å². The molecule has 1 fully saturated rings. The SMILES string of the molecule is C[C@@H]1C[C@H](Sc2nccc(C(F)(F)F)n2)C(=O)O1. The minimum Gasteiger partial charge on any atom is -0.462 e. The number of carbonyl (C=O) groups is 1. The van der Waals surface area contributed by atoms with Gasteiger partial charge in [-0.2, -0.15) is 13.2 Å². The lowest BCUT2D eigenvalue weighted by Gasteiger charge is -2.07. The third-order valence-corrected chi connectivity index (χ3v) is 3.37. The van der Waals surface area contributed by atoms with E-state index in [-0.39, 0.29) is 11.3 Å². The van der Waals surface area contributed by atoms with Gasteiger partial charge in [0.2, 0.25) is 0 Å². The molecular formula is C10H9F3N2O2S. The molecule has 0 bridgehead atoms. The fraction of sp³-hybridized carbons (Fsp3) is 0.500. The molecule has 2 atom stereocenters. The maximum atomic E-state index is 12.4. The summed E-state index contributed by atoms with van der Waals surface area (Å²) in [6, 6.07) is 0.791. The predicted octanol–water partition coefficient (Wildman–Crippen LogP) is 2.29. The van der Waals surface area contributed by atoms with Crippen LogP contribution in [0.15, 0.2) is 17.4 Å². The number of halogens is 3. The van der Waals surface area contributed by atoms with E-state index in [2.05, 4.69) is 9.97 Å². The number of esters is 1. The van der Waals surface area contributed by atoms with Crippen molar-refractivity contribution >= 4 is 17.7 Å². The van der Waals surface area contributed by atoms with E-state index < -0.39 is 23.1 Å². The lowest BCUT2D eigenvalue weighted by Crippen LogP contribution is -2.12. The number of aromatic nitrogens is 2. The molecule has 0 unspecified atom stereocenters. The van der Waals surface area contributed by atoms with Crippen molar-refractivity contribution in [3.05, 3.63) is 18.0 Å². The quantitative estimate of drug-likeness (QED) is 0.613. The molecule has 1 aromatic heterocycles. The molecule has 0 aromatic carbocycles. The molecule has 1 aromatic rings. The van der Waals surface area contributed by atoms with E-state index >= 15 is 0 Å². The zero-order chi connectivity index (χ0) is 13.3. The third-order valence-electron chi connectivity index (χ3n) is 2.30. The standard InChI is InChI=1S/C10H9F3N2O2S/c1-5-4-6(8(16)17-5)18-9-14-3-2-7(15-9)10(11,12)13/h2-3,5-6H,4H2,1H3/t5-,6+/m1/s1. The lowest BCUT2D eigenvalue weighted by atomic mass is 10.3. The second-order valence-corrected chi connectivity index (χ2v) is 4.98. The van der Waals surface area contributed by atoms with E-state index in [0.29, 0.717) is 6.42 Å². The minimum absolute atomic E-state index is 0.0686. The Morgan fingerprint density at radius 3 is 2.78 bits per heavy atom. The highest BCUT2D eigenvalue weighted by Gasteiger charge is 2.35. The van der Waals surface area contributed by atoms with Gasteiger partial charge in [0.25, 0.3) is 0 Å². The highest BCUT2D eigenvalue weighted by molar-refractivity contribution is 8.00. The fourth-order valence-electron chi connectivity index (χ4n) is 1.50. The molecule has 8 heteroatoms. The van der Waals surface area contributed by atoms with Gasteiger partial charge in [0.15, 0.2) is 5.16 Å². The maximum absolute atomic E-state index is 12.4. The molecular weight excluding hydrogens is 269 g/mol. The van der Waals surface area contributed by atoms with Crippen LogP contribution in [0.3, 0.4) is 0 Å². The van der Waals surface area contributed by atoms with Crippen LogP contribution in [0.4, 0.5) is 13.2 Å². The van der Waals surface area contributed by atoms with Gasteiger partial charge in [-0.1, -0.05) is 11.8 Å². The lowest BCUT2D eigenvalue weighted by molar-refractivity contribution is -0.141. The average molecular weight is 278 g/mol. The molecule has 98 valence electrons. The van der Waals surface area contributed by atoms with Crippen molar-refractivity contribution in [3.8, 4) is 0 Å². The first-order valence-corrected chi connectivity index (χ1v) is 6.01. The van der Waals surface area contributed by atoms with Gasteiger partial charge in [-0.3, -0.25) is 4.79 Å². The van der Waals surface area contributed by atoms with Crippen molar-refractivity contribution in [2.45, 2.75) is 36.0 Å².